The van der Waals surface area contributed by atoms with Crippen LogP contribution in [0.5, 0.6) is 0 Å². The lowest BCUT2D eigenvalue weighted by molar-refractivity contribution is -0.873. The van der Waals surface area contributed by atoms with E-state index >= 15 is 0 Å². The van der Waals surface area contributed by atoms with E-state index in [4.69, 9.17) is 18.9 Å². The standard InChI is InChI=1S/C50H86NO7/c1-7-9-11-13-15-17-19-21-23-24-25-26-27-28-30-32-34-36-38-40-49(53)58-48(45-56-50(54)42-47(57-46(3)52)43-51(4,5)6)44-55-41-39-37-35-33-31-29-22-20-18-16-14-12-10-8-2/h9,11,15,17,21,23,25-26,28,30,34,36,47-48H,7-8,10,12-14,16,18-20,22,24,27,29,31-33,35,37-45H2,1-6H3/q+1. The van der Waals surface area contributed by atoms with Gasteiger partial charge >= 0.3 is 17.9 Å². The monoisotopic (exact) mass is 813 g/mol. The third kappa shape index (κ3) is 42.4. The summed E-state index contributed by atoms with van der Waals surface area (Å²) in [5, 5.41) is 0. The number of allylic oxidation sites excluding steroid dienone is 12. The van der Waals surface area contributed by atoms with Gasteiger partial charge in [0.15, 0.2) is 12.2 Å². The maximum atomic E-state index is 12.8. The first-order valence-corrected chi connectivity index (χ1v) is 22.9. The largest absolute Gasteiger partial charge is 0.462 e. The molecule has 0 N–H and O–H groups in total. The third-order valence-corrected chi connectivity index (χ3v) is 9.26. The molecule has 0 radical (unpaired) electrons. The molecule has 0 spiro atoms. The molecule has 0 bridgehead atoms. The van der Waals surface area contributed by atoms with E-state index in [1.165, 1.54) is 84.0 Å². The van der Waals surface area contributed by atoms with Crippen molar-refractivity contribution in [2.24, 2.45) is 0 Å². The van der Waals surface area contributed by atoms with E-state index < -0.39 is 24.1 Å². The Balaban J connectivity index is 4.58. The predicted molar refractivity (Wildman–Crippen MR) is 242 cm³/mol. The number of hydrogen-bond donors (Lipinski definition) is 0. The van der Waals surface area contributed by atoms with Crippen molar-refractivity contribution in [2.75, 3.05) is 47.5 Å². The number of unbranched alkanes of at least 4 members (excludes halogenated alkanes) is 13. The van der Waals surface area contributed by atoms with Gasteiger partial charge in [0.1, 0.15) is 13.2 Å². The van der Waals surface area contributed by atoms with E-state index in [9.17, 15) is 14.4 Å². The molecule has 0 aliphatic heterocycles. The fourth-order valence-electron chi connectivity index (χ4n) is 6.24. The molecular formula is C50H86NO7+. The van der Waals surface area contributed by atoms with Crippen LogP contribution in [0, 0.1) is 0 Å². The Morgan fingerprint density at radius 2 is 0.966 bits per heavy atom. The molecule has 0 rings (SSSR count). The van der Waals surface area contributed by atoms with E-state index in [2.05, 4.69) is 80.7 Å². The van der Waals surface area contributed by atoms with Crippen LogP contribution >= 0.6 is 0 Å². The van der Waals surface area contributed by atoms with E-state index in [1.54, 1.807) is 0 Å². The van der Waals surface area contributed by atoms with Crippen molar-refractivity contribution in [1.29, 1.82) is 0 Å². The molecule has 0 saturated carbocycles. The first kappa shape index (κ1) is 54.8. The van der Waals surface area contributed by atoms with Gasteiger partial charge in [-0.15, -0.1) is 0 Å². The van der Waals surface area contributed by atoms with Crippen LogP contribution in [0.15, 0.2) is 72.9 Å². The Morgan fingerprint density at radius 1 is 0.517 bits per heavy atom. The van der Waals surface area contributed by atoms with Crippen molar-refractivity contribution in [3.63, 3.8) is 0 Å². The lowest BCUT2D eigenvalue weighted by atomic mass is 10.0. The number of esters is 3. The average molecular weight is 813 g/mol. The minimum Gasteiger partial charge on any atom is -0.462 e. The Kier molecular flexibility index (Phi) is 38.3. The predicted octanol–water partition coefficient (Wildman–Crippen LogP) is 12.4. The summed E-state index contributed by atoms with van der Waals surface area (Å²) in [6.45, 7) is 6.82. The number of nitrogens with zero attached hydrogens (tertiary/aromatic N) is 1. The van der Waals surface area contributed by atoms with E-state index in [0.717, 1.165) is 51.4 Å². The highest BCUT2D eigenvalue weighted by Gasteiger charge is 2.26. The van der Waals surface area contributed by atoms with E-state index in [0.29, 0.717) is 24.1 Å². The Morgan fingerprint density at radius 3 is 1.41 bits per heavy atom. The van der Waals surface area contributed by atoms with Crippen LogP contribution in [0.4, 0.5) is 0 Å². The average Bonchev–Trinajstić information content (AvgIpc) is 3.16. The fourth-order valence-corrected chi connectivity index (χ4v) is 6.24. The van der Waals surface area contributed by atoms with Gasteiger partial charge in [-0.2, -0.15) is 0 Å². The van der Waals surface area contributed by atoms with Crippen molar-refractivity contribution < 1.29 is 37.8 Å². The second-order valence-electron chi connectivity index (χ2n) is 16.3. The fraction of sp³-hybridized carbons (Fsp3) is 0.700. The molecule has 58 heavy (non-hydrogen) atoms. The smallest absolute Gasteiger partial charge is 0.309 e. The lowest BCUT2D eigenvalue weighted by Gasteiger charge is -2.28. The number of quaternary nitrogens is 1. The molecule has 8 heteroatoms. The van der Waals surface area contributed by atoms with Crippen molar-refractivity contribution in [2.45, 2.75) is 181 Å². The van der Waals surface area contributed by atoms with Crippen LogP contribution in [0.3, 0.4) is 0 Å². The number of hydrogen-bond acceptors (Lipinski definition) is 7. The van der Waals surface area contributed by atoms with Crippen LogP contribution in [0.25, 0.3) is 0 Å². The van der Waals surface area contributed by atoms with Gasteiger partial charge in [0.2, 0.25) is 0 Å². The Hall–Kier alpha value is -3.23. The molecule has 0 aromatic heterocycles. The summed E-state index contributed by atoms with van der Waals surface area (Å²) in [7, 11) is 5.90. The van der Waals surface area contributed by atoms with E-state index in [-0.39, 0.29) is 32.0 Å². The summed E-state index contributed by atoms with van der Waals surface area (Å²) in [4.78, 5) is 37.2. The van der Waals surface area contributed by atoms with Crippen molar-refractivity contribution in [3.05, 3.63) is 72.9 Å². The highest BCUT2D eigenvalue weighted by Crippen LogP contribution is 2.14. The summed E-state index contributed by atoms with van der Waals surface area (Å²) >= 11 is 0. The Labute approximate surface area is 355 Å². The maximum Gasteiger partial charge on any atom is 0.309 e. The molecule has 0 aliphatic carbocycles. The summed E-state index contributed by atoms with van der Waals surface area (Å²) in [6.07, 6.45) is 49.0. The topological polar surface area (TPSA) is 88.1 Å². The molecule has 0 aromatic rings. The zero-order valence-electron chi connectivity index (χ0n) is 38.0. The molecule has 8 nitrogen and oxygen atoms in total. The minimum atomic E-state index is -0.709. The SMILES string of the molecule is CCC=CCC=CCC=CCC=CCC=CCC=CCCC(=O)OC(COCCCCCCCCCCCCCCCC)COC(=O)CC(C[N+](C)(C)C)OC(C)=O. The molecule has 332 valence electrons. The maximum absolute atomic E-state index is 12.8. The van der Waals surface area contributed by atoms with Gasteiger partial charge in [-0.25, -0.2) is 0 Å². The van der Waals surface area contributed by atoms with Crippen molar-refractivity contribution in [1.82, 2.24) is 0 Å². The highest BCUT2D eigenvalue weighted by molar-refractivity contribution is 5.72. The summed E-state index contributed by atoms with van der Waals surface area (Å²) in [5.74, 6) is -1.31. The minimum absolute atomic E-state index is 0.0711. The van der Waals surface area contributed by atoms with Crippen molar-refractivity contribution in [3.8, 4) is 0 Å². The van der Waals surface area contributed by atoms with Crippen LogP contribution < -0.4 is 0 Å². The van der Waals surface area contributed by atoms with E-state index in [1.807, 2.05) is 27.2 Å². The summed E-state index contributed by atoms with van der Waals surface area (Å²) in [5.41, 5.74) is 0. The van der Waals surface area contributed by atoms with Gasteiger partial charge < -0.3 is 23.4 Å². The molecule has 0 aromatic carbocycles. The van der Waals surface area contributed by atoms with Gasteiger partial charge in [-0.3, -0.25) is 14.4 Å². The number of rotatable bonds is 39. The van der Waals surface area contributed by atoms with Crippen LogP contribution in [0.1, 0.15) is 168 Å². The van der Waals surface area contributed by atoms with Gasteiger partial charge in [-0.1, -0.05) is 170 Å². The van der Waals surface area contributed by atoms with Crippen LogP contribution in [0.2, 0.25) is 0 Å². The number of carbonyl (C=O) groups is 3. The zero-order valence-corrected chi connectivity index (χ0v) is 38.0. The number of carbonyl (C=O) groups excluding carboxylic acids is 3. The second-order valence-corrected chi connectivity index (χ2v) is 16.3. The van der Waals surface area contributed by atoms with Crippen LogP contribution in [-0.2, 0) is 33.3 Å². The highest BCUT2D eigenvalue weighted by atomic mass is 16.6. The molecule has 0 aliphatic rings. The molecule has 2 unspecified atom stereocenters. The van der Waals surface area contributed by atoms with Gasteiger partial charge in [0.05, 0.1) is 34.2 Å². The zero-order chi connectivity index (χ0) is 42.8. The third-order valence-electron chi connectivity index (χ3n) is 9.26. The number of ether oxygens (including phenoxy) is 4. The summed E-state index contributed by atoms with van der Waals surface area (Å²) in [6, 6.07) is 0. The van der Waals surface area contributed by atoms with Gasteiger partial charge in [-0.05, 0) is 51.4 Å². The van der Waals surface area contributed by atoms with Crippen LogP contribution in [-0.4, -0.2) is 82.1 Å². The molecule has 0 amide bonds. The molecule has 0 fully saturated rings. The second kappa shape index (κ2) is 40.5. The summed E-state index contributed by atoms with van der Waals surface area (Å²) < 4.78 is 23.1. The molecule has 0 heterocycles. The first-order chi connectivity index (χ1) is 28.1. The molecule has 2 atom stereocenters. The first-order valence-electron chi connectivity index (χ1n) is 22.9. The Bertz CT molecular complexity index is 1180. The normalized spacial score (nSPS) is 13.6. The molecule has 0 saturated heterocycles. The quantitative estimate of drug-likeness (QED) is 0.0201. The molecular weight excluding hydrogens is 727 g/mol. The lowest BCUT2D eigenvalue weighted by Crippen LogP contribution is -2.44. The van der Waals surface area contributed by atoms with Crippen molar-refractivity contribution >= 4 is 17.9 Å². The van der Waals surface area contributed by atoms with Gasteiger partial charge in [0.25, 0.3) is 0 Å². The van der Waals surface area contributed by atoms with Gasteiger partial charge in [0, 0.05) is 20.0 Å². The number of likely N-dealkylation sites (N-methyl/N-ethyl adjacent to an activating group) is 1.